The number of hydrogen-bond acceptors (Lipinski definition) is 2. The van der Waals surface area contributed by atoms with Crippen LogP contribution < -0.4 is 4.46 Å². The van der Waals surface area contributed by atoms with Crippen LogP contribution in [0.1, 0.15) is 11.3 Å². The summed E-state index contributed by atoms with van der Waals surface area (Å²) in [5.41, 5.74) is 2.32. The van der Waals surface area contributed by atoms with Gasteiger partial charge in [0.15, 0.2) is 0 Å². The van der Waals surface area contributed by atoms with Gasteiger partial charge in [0.25, 0.3) is 0 Å². The molecule has 0 spiro atoms. The van der Waals surface area contributed by atoms with Crippen LogP contribution in [0.3, 0.4) is 0 Å². The fourth-order valence-electron chi connectivity index (χ4n) is 1.93. The predicted molar refractivity (Wildman–Crippen MR) is 81.1 cm³/mol. The van der Waals surface area contributed by atoms with Gasteiger partial charge in [-0.25, -0.2) is 0 Å². The van der Waals surface area contributed by atoms with E-state index in [1.165, 1.54) is 10.0 Å². The number of nitrogens with zero attached hydrogens (tertiary/aromatic N) is 3. The molecule has 0 aliphatic rings. The molecular weight excluding hydrogens is 313 g/mol. The first-order valence-electron chi connectivity index (χ1n) is 6.51. The Hall–Kier alpha value is -1.90. The molecule has 0 unspecified atom stereocenters. The van der Waals surface area contributed by atoms with Crippen LogP contribution in [-0.2, 0) is 11.9 Å². The van der Waals surface area contributed by atoms with E-state index in [0.29, 0.717) is 15.0 Å². The van der Waals surface area contributed by atoms with Crippen LogP contribution in [0.5, 0.6) is 0 Å². The molecule has 3 nitrogen and oxygen atoms in total. The van der Waals surface area contributed by atoms with E-state index in [2.05, 4.69) is 59.0 Å². The molecule has 0 aliphatic heterocycles. The topological polar surface area (TPSA) is 30.7 Å². The third kappa shape index (κ3) is 3.56. The van der Waals surface area contributed by atoms with Gasteiger partial charge in [-0.05, 0) is 0 Å². The van der Waals surface area contributed by atoms with Crippen molar-refractivity contribution in [3.05, 3.63) is 78.1 Å². The quantitative estimate of drug-likeness (QED) is 0.670. The third-order valence-electron chi connectivity index (χ3n) is 2.90. The van der Waals surface area contributed by atoms with Crippen molar-refractivity contribution < 1.29 is 0 Å². The number of hydrogen-bond donors (Lipinski definition) is 0. The first-order valence-corrected chi connectivity index (χ1v) is 8.58. The van der Waals surface area contributed by atoms with Crippen LogP contribution in [0, 0.1) is 0 Å². The van der Waals surface area contributed by atoms with Crippen LogP contribution in [0.4, 0.5) is 0 Å². The van der Waals surface area contributed by atoms with E-state index in [-0.39, 0.29) is 0 Å². The summed E-state index contributed by atoms with van der Waals surface area (Å²) >= 11 is 0.425. The molecule has 4 heteroatoms. The molecule has 0 radical (unpaired) electrons. The average Bonchev–Trinajstić information content (AvgIpc) is 2.95. The predicted octanol–water partition coefficient (Wildman–Crippen LogP) is 1.86. The second-order valence-corrected chi connectivity index (χ2v) is 6.70. The summed E-state index contributed by atoms with van der Waals surface area (Å²) in [6.07, 6.45) is 2.05. The minimum absolute atomic E-state index is 0.425. The number of aromatic nitrogens is 3. The maximum atomic E-state index is 4.26. The SMILES string of the molecule is c1ccc(Cn2cc(C[Se]c3ccccc3)nn2)cc1. The van der Waals surface area contributed by atoms with Crippen molar-refractivity contribution in [2.75, 3.05) is 0 Å². The van der Waals surface area contributed by atoms with Gasteiger partial charge in [-0.2, -0.15) is 0 Å². The summed E-state index contributed by atoms with van der Waals surface area (Å²) in [7, 11) is 0. The minimum atomic E-state index is 0.425. The van der Waals surface area contributed by atoms with Gasteiger partial charge in [0.05, 0.1) is 0 Å². The van der Waals surface area contributed by atoms with Crippen molar-refractivity contribution in [1.82, 2.24) is 15.0 Å². The zero-order valence-electron chi connectivity index (χ0n) is 11.0. The van der Waals surface area contributed by atoms with Crippen LogP contribution in [0.2, 0.25) is 0 Å². The second kappa shape index (κ2) is 6.51. The molecular formula is C16H15N3Se. The Morgan fingerprint density at radius 2 is 1.60 bits per heavy atom. The van der Waals surface area contributed by atoms with Gasteiger partial charge in [0.1, 0.15) is 0 Å². The number of rotatable bonds is 5. The van der Waals surface area contributed by atoms with Crippen molar-refractivity contribution in [3.63, 3.8) is 0 Å². The van der Waals surface area contributed by atoms with E-state index < -0.39 is 0 Å². The molecule has 0 saturated carbocycles. The summed E-state index contributed by atoms with van der Waals surface area (Å²) in [6, 6.07) is 20.9. The molecule has 0 amide bonds. The fraction of sp³-hybridized carbons (Fsp3) is 0.125. The van der Waals surface area contributed by atoms with Crippen LogP contribution in [0.15, 0.2) is 66.9 Å². The van der Waals surface area contributed by atoms with Crippen molar-refractivity contribution >= 4 is 19.4 Å². The zero-order valence-corrected chi connectivity index (χ0v) is 12.7. The Balaban J connectivity index is 1.60. The molecule has 1 aromatic heterocycles. The molecule has 3 rings (SSSR count). The van der Waals surface area contributed by atoms with Crippen molar-refractivity contribution in [1.29, 1.82) is 0 Å². The Labute approximate surface area is 124 Å². The van der Waals surface area contributed by atoms with Gasteiger partial charge < -0.3 is 0 Å². The molecule has 0 saturated heterocycles. The van der Waals surface area contributed by atoms with Crippen LogP contribution >= 0.6 is 0 Å². The molecule has 0 fully saturated rings. The van der Waals surface area contributed by atoms with Gasteiger partial charge in [-0.1, -0.05) is 0 Å². The Bertz CT molecular complexity index is 650. The summed E-state index contributed by atoms with van der Waals surface area (Å²) < 4.78 is 3.31. The fourth-order valence-corrected chi connectivity index (χ4v) is 3.60. The van der Waals surface area contributed by atoms with E-state index in [4.69, 9.17) is 0 Å². The summed E-state index contributed by atoms with van der Waals surface area (Å²) in [6.45, 7) is 0.784. The van der Waals surface area contributed by atoms with E-state index in [1.54, 1.807) is 0 Å². The van der Waals surface area contributed by atoms with Gasteiger partial charge in [-0.3, -0.25) is 0 Å². The number of benzene rings is 2. The molecule has 0 N–H and O–H groups in total. The average molecular weight is 328 g/mol. The Morgan fingerprint density at radius 3 is 2.35 bits per heavy atom. The third-order valence-corrected chi connectivity index (χ3v) is 5.10. The van der Waals surface area contributed by atoms with Crippen molar-refractivity contribution in [2.24, 2.45) is 0 Å². The standard InChI is InChI=1S/C16H15N3Se/c1-3-7-14(8-4-1)11-19-12-15(17-18-19)13-20-16-9-5-2-6-10-16/h1-10,12H,11,13H2. The molecule has 100 valence electrons. The first-order chi connectivity index (χ1) is 9.90. The van der Waals surface area contributed by atoms with E-state index in [1.807, 2.05) is 22.9 Å². The molecule has 0 bridgehead atoms. The van der Waals surface area contributed by atoms with E-state index in [9.17, 15) is 0 Å². The molecule has 3 aromatic rings. The van der Waals surface area contributed by atoms with Gasteiger partial charge in [0.2, 0.25) is 0 Å². The van der Waals surface area contributed by atoms with Gasteiger partial charge in [-0.15, -0.1) is 0 Å². The summed E-state index contributed by atoms with van der Waals surface area (Å²) in [5, 5.41) is 9.45. The summed E-state index contributed by atoms with van der Waals surface area (Å²) in [5.74, 6) is 0. The van der Waals surface area contributed by atoms with Gasteiger partial charge in [0, 0.05) is 0 Å². The maximum absolute atomic E-state index is 4.26. The molecule has 0 aliphatic carbocycles. The van der Waals surface area contributed by atoms with E-state index >= 15 is 0 Å². The summed E-state index contributed by atoms with van der Waals surface area (Å²) in [4.78, 5) is 0. The molecule has 20 heavy (non-hydrogen) atoms. The van der Waals surface area contributed by atoms with Crippen molar-refractivity contribution in [2.45, 2.75) is 11.9 Å². The second-order valence-electron chi connectivity index (χ2n) is 4.49. The molecule has 1 heterocycles. The van der Waals surface area contributed by atoms with Crippen molar-refractivity contribution in [3.8, 4) is 0 Å². The van der Waals surface area contributed by atoms with Crippen LogP contribution in [0.25, 0.3) is 0 Å². The zero-order chi connectivity index (χ0) is 13.6. The normalized spacial score (nSPS) is 10.6. The Kier molecular flexibility index (Phi) is 4.26. The first kappa shape index (κ1) is 13.1. The van der Waals surface area contributed by atoms with E-state index in [0.717, 1.165) is 17.6 Å². The Morgan fingerprint density at radius 1 is 0.900 bits per heavy atom. The van der Waals surface area contributed by atoms with Gasteiger partial charge >= 0.3 is 124 Å². The van der Waals surface area contributed by atoms with Crippen LogP contribution in [-0.4, -0.2) is 30.0 Å². The molecule has 0 atom stereocenters. The molecule has 2 aromatic carbocycles. The monoisotopic (exact) mass is 329 g/mol.